The van der Waals surface area contributed by atoms with E-state index in [9.17, 15) is 8.42 Å². The predicted molar refractivity (Wildman–Crippen MR) is 83.3 cm³/mol. The Morgan fingerprint density at radius 1 is 1.30 bits per heavy atom. The van der Waals surface area contributed by atoms with Crippen LogP contribution in [0.25, 0.3) is 0 Å². The Labute approximate surface area is 126 Å². The molecular weight excluding hydrogens is 294 g/mol. The number of sulfonamides is 1. The van der Waals surface area contributed by atoms with E-state index in [4.69, 9.17) is 11.6 Å². The lowest BCUT2D eigenvalue weighted by atomic mass is 10.1. The van der Waals surface area contributed by atoms with Crippen LogP contribution >= 0.6 is 11.6 Å². The van der Waals surface area contributed by atoms with Gasteiger partial charge in [-0.25, -0.2) is 12.7 Å². The molecule has 2 rings (SSSR count). The van der Waals surface area contributed by atoms with Crippen LogP contribution in [-0.4, -0.2) is 25.8 Å². The van der Waals surface area contributed by atoms with Crippen molar-refractivity contribution in [2.45, 2.75) is 30.4 Å². The molecule has 0 amide bonds. The molecule has 110 valence electrons. The smallest absolute Gasteiger partial charge is 0.211 e. The molecule has 1 atom stereocenters. The zero-order valence-corrected chi connectivity index (χ0v) is 13.0. The van der Waals surface area contributed by atoms with Crippen LogP contribution in [0.2, 0.25) is 0 Å². The Hall–Kier alpha value is -0.840. The molecule has 0 spiro atoms. The third-order valence-electron chi connectivity index (χ3n) is 3.64. The van der Waals surface area contributed by atoms with Crippen LogP contribution in [-0.2, 0) is 15.9 Å². The van der Waals surface area contributed by atoms with E-state index in [1.807, 2.05) is 24.3 Å². The summed E-state index contributed by atoms with van der Waals surface area (Å²) < 4.78 is 27.1. The lowest BCUT2D eigenvalue weighted by Crippen LogP contribution is -2.38. The zero-order chi connectivity index (χ0) is 14.6. The fourth-order valence-corrected chi connectivity index (χ4v) is 4.55. The van der Waals surface area contributed by atoms with E-state index in [0.29, 0.717) is 19.0 Å². The van der Waals surface area contributed by atoms with Crippen molar-refractivity contribution in [1.29, 1.82) is 0 Å². The predicted octanol–water partition coefficient (Wildman–Crippen LogP) is 3.47. The molecule has 5 heteroatoms. The van der Waals surface area contributed by atoms with Gasteiger partial charge in [0.25, 0.3) is 0 Å². The highest BCUT2D eigenvalue weighted by Crippen LogP contribution is 2.29. The van der Waals surface area contributed by atoms with Gasteiger partial charge in [0, 0.05) is 19.0 Å². The van der Waals surface area contributed by atoms with Gasteiger partial charge in [-0.1, -0.05) is 36.8 Å². The van der Waals surface area contributed by atoms with E-state index in [2.05, 4.69) is 6.58 Å². The molecule has 1 heterocycles. The van der Waals surface area contributed by atoms with Gasteiger partial charge < -0.3 is 0 Å². The maximum atomic E-state index is 12.7. The van der Waals surface area contributed by atoms with Gasteiger partial charge in [-0.15, -0.1) is 18.2 Å². The molecule has 0 N–H and O–H groups in total. The van der Waals surface area contributed by atoms with Gasteiger partial charge in [0.1, 0.15) is 5.25 Å². The SMILES string of the molecule is C=CC(c1cccc(CCl)c1)S(=O)(=O)N1CCCCC1. The van der Waals surface area contributed by atoms with E-state index in [1.165, 1.54) is 6.08 Å². The Balaban J connectivity index is 2.32. The maximum absolute atomic E-state index is 12.7. The second kappa shape index (κ2) is 6.74. The lowest BCUT2D eigenvalue weighted by molar-refractivity contribution is 0.344. The molecule has 1 unspecified atom stereocenters. The first kappa shape index (κ1) is 15.5. The van der Waals surface area contributed by atoms with Gasteiger partial charge in [-0.05, 0) is 24.0 Å². The molecule has 0 aliphatic carbocycles. The summed E-state index contributed by atoms with van der Waals surface area (Å²) in [7, 11) is -3.38. The number of halogens is 1. The Morgan fingerprint density at radius 3 is 2.60 bits per heavy atom. The highest BCUT2D eigenvalue weighted by molar-refractivity contribution is 7.89. The van der Waals surface area contributed by atoms with E-state index in [-0.39, 0.29) is 0 Å². The monoisotopic (exact) mass is 313 g/mol. The van der Waals surface area contributed by atoms with Crippen molar-refractivity contribution in [2.24, 2.45) is 0 Å². The summed E-state index contributed by atoms with van der Waals surface area (Å²) in [5.41, 5.74) is 1.66. The van der Waals surface area contributed by atoms with Crippen molar-refractivity contribution in [1.82, 2.24) is 4.31 Å². The Morgan fingerprint density at radius 2 is 2.00 bits per heavy atom. The topological polar surface area (TPSA) is 37.4 Å². The van der Waals surface area contributed by atoms with Crippen LogP contribution in [0.3, 0.4) is 0 Å². The van der Waals surface area contributed by atoms with Gasteiger partial charge in [0.15, 0.2) is 0 Å². The van der Waals surface area contributed by atoms with Crippen molar-refractivity contribution < 1.29 is 8.42 Å². The first-order valence-electron chi connectivity index (χ1n) is 6.86. The lowest BCUT2D eigenvalue weighted by Gasteiger charge is -2.29. The average Bonchev–Trinajstić information content (AvgIpc) is 2.49. The summed E-state index contributed by atoms with van der Waals surface area (Å²) >= 11 is 5.82. The summed E-state index contributed by atoms with van der Waals surface area (Å²) in [5, 5.41) is -0.691. The van der Waals surface area contributed by atoms with Crippen LogP contribution in [0.15, 0.2) is 36.9 Å². The van der Waals surface area contributed by atoms with Crippen LogP contribution in [0, 0.1) is 0 Å². The van der Waals surface area contributed by atoms with Gasteiger partial charge in [-0.3, -0.25) is 0 Å². The maximum Gasteiger partial charge on any atom is 0.224 e. The van der Waals surface area contributed by atoms with Gasteiger partial charge in [-0.2, -0.15) is 0 Å². The highest BCUT2D eigenvalue weighted by atomic mass is 35.5. The molecule has 1 aromatic rings. The van der Waals surface area contributed by atoms with Crippen LogP contribution < -0.4 is 0 Å². The molecule has 20 heavy (non-hydrogen) atoms. The fraction of sp³-hybridized carbons (Fsp3) is 0.467. The van der Waals surface area contributed by atoms with Gasteiger partial charge in [0.2, 0.25) is 10.0 Å². The third-order valence-corrected chi connectivity index (χ3v) is 6.14. The third kappa shape index (κ3) is 3.25. The van der Waals surface area contributed by atoms with Crippen molar-refractivity contribution in [3.63, 3.8) is 0 Å². The summed E-state index contributed by atoms with van der Waals surface area (Å²) in [4.78, 5) is 0. The minimum atomic E-state index is -3.38. The van der Waals surface area contributed by atoms with Crippen LogP contribution in [0.4, 0.5) is 0 Å². The largest absolute Gasteiger partial charge is 0.224 e. The van der Waals surface area contributed by atoms with E-state index in [0.717, 1.165) is 30.4 Å². The second-order valence-electron chi connectivity index (χ2n) is 5.04. The molecule has 1 fully saturated rings. The normalized spacial score (nSPS) is 18.6. The van der Waals surface area contributed by atoms with Crippen LogP contribution in [0.5, 0.6) is 0 Å². The van der Waals surface area contributed by atoms with Crippen LogP contribution in [0.1, 0.15) is 35.6 Å². The number of piperidine rings is 1. The van der Waals surface area contributed by atoms with E-state index in [1.54, 1.807) is 4.31 Å². The minimum absolute atomic E-state index is 0.376. The fourth-order valence-electron chi connectivity index (χ4n) is 2.56. The van der Waals surface area contributed by atoms with E-state index >= 15 is 0 Å². The number of hydrogen-bond donors (Lipinski definition) is 0. The minimum Gasteiger partial charge on any atom is -0.211 e. The van der Waals surface area contributed by atoms with Gasteiger partial charge >= 0.3 is 0 Å². The zero-order valence-electron chi connectivity index (χ0n) is 11.5. The Kier molecular flexibility index (Phi) is 5.24. The molecule has 1 saturated heterocycles. The number of nitrogens with zero attached hydrogens (tertiary/aromatic N) is 1. The first-order chi connectivity index (χ1) is 9.59. The molecule has 0 bridgehead atoms. The number of benzene rings is 1. The summed E-state index contributed by atoms with van der Waals surface area (Å²) in [5.74, 6) is 0.376. The molecular formula is C15H20ClNO2S. The number of hydrogen-bond acceptors (Lipinski definition) is 2. The van der Waals surface area contributed by atoms with E-state index < -0.39 is 15.3 Å². The average molecular weight is 314 g/mol. The second-order valence-corrected chi connectivity index (χ2v) is 7.36. The van der Waals surface area contributed by atoms with Crippen molar-refractivity contribution in [2.75, 3.05) is 13.1 Å². The highest BCUT2D eigenvalue weighted by Gasteiger charge is 2.31. The molecule has 0 saturated carbocycles. The van der Waals surface area contributed by atoms with Crippen molar-refractivity contribution in [3.05, 3.63) is 48.0 Å². The molecule has 1 aliphatic rings. The number of rotatable bonds is 5. The molecule has 0 radical (unpaired) electrons. The number of alkyl halides is 1. The molecule has 1 aliphatic heterocycles. The van der Waals surface area contributed by atoms with Crippen molar-refractivity contribution in [3.8, 4) is 0 Å². The molecule has 3 nitrogen and oxygen atoms in total. The molecule has 1 aromatic carbocycles. The summed E-state index contributed by atoms with van der Waals surface area (Å²) in [6.45, 7) is 4.94. The van der Waals surface area contributed by atoms with Gasteiger partial charge in [0.05, 0.1) is 0 Å². The molecule has 0 aromatic heterocycles. The summed E-state index contributed by atoms with van der Waals surface area (Å²) in [6, 6.07) is 7.41. The summed E-state index contributed by atoms with van der Waals surface area (Å²) in [6.07, 6.45) is 4.49. The van der Waals surface area contributed by atoms with Crippen molar-refractivity contribution >= 4 is 21.6 Å². The standard InChI is InChI=1S/C15H20ClNO2S/c1-2-15(14-8-6-7-13(11-14)12-16)20(18,19)17-9-4-3-5-10-17/h2,6-8,11,15H,1,3-5,9-10,12H2. The first-order valence-corrected chi connectivity index (χ1v) is 8.89. The quantitative estimate of drug-likeness (QED) is 0.616. The Bertz CT molecular complexity index is 565.